The predicted molar refractivity (Wildman–Crippen MR) is 63.7 cm³/mol. The van der Waals surface area contributed by atoms with Gasteiger partial charge in [-0.2, -0.15) is 5.26 Å². The summed E-state index contributed by atoms with van der Waals surface area (Å²) in [5.41, 5.74) is 7.86. The highest BCUT2D eigenvalue weighted by atomic mass is 15.1. The van der Waals surface area contributed by atoms with Gasteiger partial charge in [-0.15, -0.1) is 0 Å². The van der Waals surface area contributed by atoms with Gasteiger partial charge in [-0.3, -0.25) is 0 Å². The van der Waals surface area contributed by atoms with Crippen molar-refractivity contribution in [2.45, 2.75) is 26.3 Å². The molecular weight excluding hydrogens is 186 g/mol. The molecule has 1 rings (SSSR count). The van der Waals surface area contributed by atoms with Crippen LogP contribution in [0, 0.1) is 11.3 Å². The minimum absolute atomic E-state index is 0.417. The first-order valence-corrected chi connectivity index (χ1v) is 5.12. The van der Waals surface area contributed by atoms with Crippen LogP contribution in [0.1, 0.15) is 25.8 Å². The monoisotopic (exact) mass is 203 g/mol. The van der Waals surface area contributed by atoms with E-state index in [0.29, 0.717) is 17.3 Å². The van der Waals surface area contributed by atoms with E-state index in [2.05, 4.69) is 24.8 Å². The largest absolute Gasteiger partial charge is 0.399 e. The Bertz CT molecular complexity index is 379. The number of nitrogen functional groups attached to an aromatic ring is 1. The molecule has 0 saturated carbocycles. The van der Waals surface area contributed by atoms with Gasteiger partial charge in [0.05, 0.1) is 11.3 Å². The van der Waals surface area contributed by atoms with Crippen LogP contribution in [-0.2, 0) is 0 Å². The zero-order valence-electron chi connectivity index (χ0n) is 9.49. The molecule has 3 heteroatoms. The Morgan fingerprint density at radius 1 is 1.53 bits per heavy atom. The SMILES string of the molecule is CCC(C)N(C)c1ccc(N)cc1C#N. The topological polar surface area (TPSA) is 53.0 Å². The quantitative estimate of drug-likeness (QED) is 0.767. The molecule has 0 aliphatic carbocycles. The van der Waals surface area contributed by atoms with Gasteiger partial charge in [-0.05, 0) is 31.5 Å². The maximum atomic E-state index is 9.01. The van der Waals surface area contributed by atoms with E-state index in [0.717, 1.165) is 12.1 Å². The zero-order chi connectivity index (χ0) is 11.4. The molecule has 0 spiro atoms. The minimum Gasteiger partial charge on any atom is -0.399 e. The highest BCUT2D eigenvalue weighted by Crippen LogP contribution is 2.23. The highest BCUT2D eigenvalue weighted by molar-refractivity contribution is 5.64. The number of rotatable bonds is 3. The standard InChI is InChI=1S/C12H17N3/c1-4-9(2)15(3)12-6-5-11(14)7-10(12)8-13/h5-7,9H,4,14H2,1-3H3. The molecule has 1 aromatic rings. The Kier molecular flexibility index (Phi) is 3.56. The third kappa shape index (κ3) is 2.41. The molecule has 15 heavy (non-hydrogen) atoms. The molecule has 0 bridgehead atoms. The van der Waals surface area contributed by atoms with E-state index in [1.807, 2.05) is 19.2 Å². The van der Waals surface area contributed by atoms with Gasteiger partial charge >= 0.3 is 0 Å². The van der Waals surface area contributed by atoms with Crippen molar-refractivity contribution in [3.63, 3.8) is 0 Å². The van der Waals surface area contributed by atoms with Crippen molar-refractivity contribution in [2.24, 2.45) is 0 Å². The van der Waals surface area contributed by atoms with Gasteiger partial charge in [0.15, 0.2) is 0 Å². The predicted octanol–water partition coefficient (Wildman–Crippen LogP) is 2.38. The second-order valence-electron chi connectivity index (χ2n) is 3.76. The lowest BCUT2D eigenvalue weighted by molar-refractivity contribution is 0.663. The zero-order valence-corrected chi connectivity index (χ0v) is 9.49. The van der Waals surface area contributed by atoms with Crippen molar-refractivity contribution in [3.8, 4) is 6.07 Å². The lowest BCUT2D eigenvalue weighted by Gasteiger charge is -2.26. The Labute approximate surface area is 91.1 Å². The Morgan fingerprint density at radius 3 is 2.73 bits per heavy atom. The van der Waals surface area contributed by atoms with Gasteiger partial charge in [0, 0.05) is 18.8 Å². The van der Waals surface area contributed by atoms with Crippen LogP contribution in [0.15, 0.2) is 18.2 Å². The summed E-state index contributed by atoms with van der Waals surface area (Å²) in [4.78, 5) is 2.11. The first kappa shape index (κ1) is 11.4. The van der Waals surface area contributed by atoms with E-state index in [1.54, 1.807) is 6.07 Å². The van der Waals surface area contributed by atoms with Crippen LogP contribution < -0.4 is 10.6 Å². The molecule has 1 atom stereocenters. The Morgan fingerprint density at radius 2 is 2.20 bits per heavy atom. The molecule has 0 amide bonds. The molecule has 0 fully saturated rings. The molecule has 0 aromatic heterocycles. The fourth-order valence-electron chi connectivity index (χ4n) is 1.46. The van der Waals surface area contributed by atoms with Gasteiger partial charge in [0.2, 0.25) is 0 Å². The number of benzene rings is 1. The highest BCUT2D eigenvalue weighted by Gasteiger charge is 2.11. The van der Waals surface area contributed by atoms with E-state index in [1.165, 1.54) is 0 Å². The van der Waals surface area contributed by atoms with Crippen molar-refractivity contribution in [1.82, 2.24) is 0 Å². The van der Waals surface area contributed by atoms with Crippen molar-refractivity contribution in [2.75, 3.05) is 17.7 Å². The van der Waals surface area contributed by atoms with E-state index < -0.39 is 0 Å². The molecule has 0 saturated heterocycles. The average molecular weight is 203 g/mol. The molecule has 0 heterocycles. The van der Waals surface area contributed by atoms with Crippen LogP contribution in [0.3, 0.4) is 0 Å². The van der Waals surface area contributed by atoms with E-state index in [-0.39, 0.29) is 0 Å². The summed E-state index contributed by atoms with van der Waals surface area (Å²) in [7, 11) is 2.00. The summed E-state index contributed by atoms with van der Waals surface area (Å²) >= 11 is 0. The summed E-state index contributed by atoms with van der Waals surface area (Å²) < 4.78 is 0. The molecule has 0 aliphatic rings. The lowest BCUT2D eigenvalue weighted by atomic mass is 10.1. The fraction of sp³-hybridized carbons (Fsp3) is 0.417. The van der Waals surface area contributed by atoms with Crippen LogP contribution in [0.25, 0.3) is 0 Å². The van der Waals surface area contributed by atoms with Gasteiger partial charge in [-0.1, -0.05) is 6.92 Å². The average Bonchev–Trinajstić information content (AvgIpc) is 2.26. The van der Waals surface area contributed by atoms with Crippen molar-refractivity contribution in [1.29, 1.82) is 5.26 Å². The van der Waals surface area contributed by atoms with Gasteiger partial charge in [-0.25, -0.2) is 0 Å². The van der Waals surface area contributed by atoms with Crippen LogP contribution in [0.4, 0.5) is 11.4 Å². The number of anilines is 2. The number of nitrogens with zero attached hydrogens (tertiary/aromatic N) is 2. The lowest BCUT2D eigenvalue weighted by Crippen LogP contribution is -2.28. The third-order valence-corrected chi connectivity index (χ3v) is 2.77. The van der Waals surface area contributed by atoms with Crippen molar-refractivity contribution < 1.29 is 0 Å². The molecule has 1 unspecified atom stereocenters. The molecule has 80 valence electrons. The molecule has 3 nitrogen and oxygen atoms in total. The van der Waals surface area contributed by atoms with Crippen molar-refractivity contribution >= 4 is 11.4 Å². The number of hydrogen-bond donors (Lipinski definition) is 1. The van der Waals surface area contributed by atoms with E-state index >= 15 is 0 Å². The molecule has 0 aliphatic heterocycles. The van der Waals surface area contributed by atoms with Gasteiger partial charge in [0.25, 0.3) is 0 Å². The molecule has 0 radical (unpaired) electrons. The minimum atomic E-state index is 0.417. The first-order valence-electron chi connectivity index (χ1n) is 5.12. The van der Waals surface area contributed by atoms with Gasteiger partial charge < -0.3 is 10.6 Å². The Hall–Kier alpha value is -1.69. The van der Waals surface area contributed by atoms with Crippen molar-refractivity contribution in [3.05, 3.63) is 23.8 Å². The second kappa shape index (κ2) is 4.70. The van der Waals surface area contributed by atoms with E-state index in [9.17, 15) is 0 Å². The maximum Gasteiger partial charge on any atom is 0.101 e. The van der Waals surface area contributed by atoms with Crippen LogP contribution in [0.2, 0.25) is 0 Å². The van der Waals surface area contributed by atoms with E-state index in [4.69, 9.17) is 11.0 Å². The van der Waals surface area contributed by atoms with Crippen LogP contribution in [0.5, 0.6) is 0 Å². The van der Waals surface area contributed by atoms with Crippen LogP contribution >= 0.6 is 0 Å². The number of nitrogens with two attached hydrogens (primary N) is 1. The summed E-state index contributed by atoms with van der Waals surface area (Å²) in [6, 6.07) is 8.04. The third-order valence-electron chi connectivity index (χ3n) is 2.77. The van der Waals surface area contributed by atoms with Crippen LogP contribution in [-0.4, -0.2) is 13.1 Å². The normalized spacial score (nSPS) is 11.9. The molecular formula is C12H17N3. The Balaban J connectivity index is 3.09. The molecule has 2 N–H and O–H groups in total. The van der Waals surface area contributed by atoms with Gasteiger partial charge in [0.1, 0.15) is 6.07 Å². The fourth-order valence-corrected chi connectivity index (χ4v) is 1.46. The summed E-state index contributed by atoms with van der Waals surface area (Å²) in [5, 5.41) is 9.01. The smallest absolute Gasteiger partial charge is 0.101 e. The number of hydrogen-bond acceptors (Lipinski definition) is 3. The first-order chi connectivity index (χ1) is 7.10. The summed E-state index contributed by atoms with van der Waals surface area (Å²) in [6.07, 6.45) is 1.05. The number of nitriles is 1. The summed E-state index contributed by atoms with van der Waals surface area (Å²) in [5.74, 6) is 0. The molecule has 1 aromatic carbocycles. The maximum absolute atomic E-state index is 9.01. The second-order valence-corrected chi connectivity index (χ2v) is 3.76. The summed E-state index contributed by atoms with van der Waals surface area (Å²) in [6.45, 7) is 4.27.